The summed E-state index contributed by atoms with van der Waals surface area (Å²) >= 11 is 4.47. The van der Waals surface area contributed by atoms with Crippen LogP contribution in [-0.2, 0) is 16.4 Å². The number of halogens is 1. The third-order valence-electron chi connectivity index (χ3n) is 3.92. The minimum Gasteiger partial charge on any atom is -0.493 e. The molecule has 1 aromatic heterocycles. The van der Waals surface area contributed by atoms with Crippen LogP contribution in [-0.4, -0.2) is 45.2 Å². The van der Waals surface area contributed by atoms with Crippen LogP contribution in [0.3, 0.4) is 0 Å². The Labute approximate surface area is 176 Å². The number of carboxylic acid groups (broad SMARTS) is 1. The van der Waals surface area contributed by atoms with Gasteiger partial charge in [-0.1, -0.05) is 6.07 Å². The molecule has 2 rings (SSSR count). The number of methoxy groups -OCH3 is 1. The number of benzene rings is 1. The topological polar surface area (TPSA) is 102 Å². The van der Waals surface area contributed by atoms with Crippen molar-refractivity contribution in [2.45, 2.75) is 19.5 Å². The van der Waals surface area contributed by atoms with Crippen molar-refractivity contribution in [2.24, 2.45) is 0 Å². The molecule has 0 fully saturated rings. The third kappa shape index (κ3) is 5.94. The monoisotopic (exact) mass is 491 g/mol. The Morgan fingerprint density at radius 3 is 2.64 bits per heavy atom. The van der Waals surface area contributed by atoms with Gasteiger partial charge in [0.15, 0.2) is 11.5 Å². The van der Waals surface area contributed by atoms with E-state index >= 15 is 0 Å². The number of thiophene rings is 1. The summed E-state index contributed by atoms with van der Waals surface area (Å²) in [6.07, 6.45) is 1.16. The maximum absolute atomic E-state index is 12.0. The lowest BCUT2D eigenvalue weighted by molar-refractivity contribution is 0.0700. The van der Waals surface area contributed by atoms with E-state index in [1.54, 1.807) is 23.6 Å². The highest BCUT2D eigenvalue weighted by atomic mass is 79.9. The minimum atomic E-state index is -3.30. The fourth-order valence-electron chi connectivity index (χ4n) is 2.68. The molecule has 0 aliphatic carbocycles. The lowest BCUT2D eigenvalue weighted by Crippen LogP contribution is -2.28. The summed E-state index contributed by atoms with van der Waals surface area (Å²) in [4.78, 5) is 11.6. The Morgan fingerprint density at radius 2 is 2.07 bits per heavy atom. The zero-order chi connectivity index (χ0) is 20.9. The van der Waals surface area contributed by atoms with Gasteiger partial charge in [0, 0.05) is 34.3 Å². The maximum atomic E-state index is 12.0. The van der Waals surface area contributed by atoms with Crippen LogP contribution in [0.2, 0.25) is 0 Å². The highest BCUT2D eigenvalue weighted by Crippen LogP contribution is 2.32. The molecule has 1 atom stereocenters. The first-order valence-corrected chi connectivity index (χ1v) is 12.1. The average Bonchev–Trinajstić information content (AvgIpc) is 2.99. The van der Waals surface area contributed by atoms with Gasteiger partial charge in [0.2, 0.25) is 0 Å². The van der Waals surface area contributed by atoms with E-state index in [-0.39, 0.29) is 17.2 Å². The zero-order valence-electron chi connectivity index (χ0n) is 15.7. The molecular weight excluding hydrogens is 470 g/mol. The van der Waals surface area contributed by atoms with Crippen molar-refractivity contribution >= 4 is 43.1 Å². The van der Waals surface area contributed by atoms with Crippen LogP contribution >= 0.6 is 27.3 Å². The van der Waals surface area contributed by atoms with Crippen molar-refractivity contribution in [3.63, 3.8) is 0 Å². The van der Waals surface area contributed by atoms with Crippen molar-refractivity contribution in [3.05, 3.63) is 44.1 Å². The highest BCUT2D eigenvalue weighted by Gasteiger charge is 2.22. The second kappa shape index (κ2) is 9.73. The van der Waals surface area contributed by atoms with Crippen LogP contribution < -0.4 is 14.8 Å². The van der Waals surface area contributed by atoms with Crippen LogP contribution in [0.1, 0.15) is 33.8 Å². The lowest BCUT2D eigenvalue weighted by atomic mass is 10.1. The summed E-state index contributed by atoms with van der Waals surface area (Å²) in [5.41, 5.74) is 1.28. The lowest BCUT2D eigenvalue weighted by Gasteiger charge is -2.20. The Balaban J connectivity index is 2.34. The molecule has 0 amide bonds. The van der Waals surface area contributed by atoms with Crippen molar-refractivity contribution in [3.8, 4) is 11.5 Å². The number of sulfone groups is 1. The van der Waals surface area contributed by atoms with E-state index in [1.807, 2.05) is 6.92 Å². The SMILES string of the molecule is CCOc1cc([C@@H](CS(C)(=O)=O)NCc2c(Br)csc2C(=O)O)ccc1OC. The van der Waals surface area contributed by atoms with Crippen LogP contribution in [0.5, 0.6) is 11.5 Å². The Kier molecular flexibility index (Phi) is 7.87. The highest BCUT2D eigenvalue weighted by molar-refractivity contribution is 9.10. The Hall–Kier alpha value is -1.62. The van der Waals surface area contributed by atoms with E-state index in [9.17, 15) is 18.3 Å². The van der Waals surface area contributed by atoms with Gasteiger partial charge in [-0.3, -0.25) is 0 Å². The van der Waals surface area contributed by atoms with Crippen molar-refractivity contribution < 1.29 is 27.8 Å². The Bertz CT molecular complexity index is 942. The summed E-state index contributed by atoms with van der Waals surface area (Å²) in [6.45, 7) is 2.48. The van der Waals surface area contributed by atoms with Crippen LogP contribution in [0.25, 0.3) is 0 Å². The van der Waals surface area contributed by atoms with Crippen LogP contribution in [0, 0.1) is 0 Å². The first kappa shape index (κ1) is 22.7. The maximum Gasteiger partial charge on any atom is 0.346 e. The molecular formula is C18H22BrNO6S2. The zero-order valence-corrected chi connectivity index (χ0v) is 18.9. The number of carboxylic acids is 1. The average molecular weight is 492 g/mol. The van der Waals surface area contributed by atoms with Gasteiger partial charge in [0.05, 0.1) is 19.5 Å². The molecule has 0 aliphatic heterocycles. The van der Waals surface area contributed by atoms with Gasteiger partial charge >= 0.3 is 5.97 Å². The molecule has 0 radical (unpaired) electrons. The first-order valence-electron chi connectivity index (χ1n) is 8.37. The summed E-state index contributed by atoms with van der Waals surface area (Å²) in [5, 5.41) is 14.2. The van der Waals surface area contributed by atoms with E-state index < -0.39 is 21.8 Å². The fraction of sp³-hybridized carbons (Fsp3) is 0.389. The predicted octanol–water partition coefficient (Wildman–Crippen LogP) is 3.49. The first-order chi connectivity index (χ1) is 13.2. The van der Waals surface area contributed by atoms with Gasteiger partial charge in [-0.2, -0.15) is 0 Å². The van der Waals surface area contributed by atoms with Gasteiger partial charge in [0.25, 0.3) is 0 Å². The summed E-state index contributed by atoms with van der Waals surface area (Å²) in [5.74, 6) is -0.0897. The Morgan fingerprint density at radius 1 is 1.36 bits per heavy atom. The molecule has 0 saturated heterocycles. The predicted molar refractivity (Wildman–Crippen MR) is 112 cm³/mol. The second-order valence-electron chi connectivity index (χ2n) is 6.07. The molecule has 2 aromatic rings. The normalized spacial score (nSPS) is 12.6. The second-order valence-corrected chi connectivity index (χ2v) is 9.98. The molecule has 7 nitrogen and oxygen atoms in total. The molecule has 0 bridgehead atoms. The number of aromatic carboxylic acids is 1. The summed E-state index contributed by atoms with van der Waals surface area (Å²) in [7, 11) is -1.77. The standard InChI is InChI=1S/C18H22BrNO6S2/c1-4-26-16-7-11(5-6-15(16)25-2)14(10-28(3,23)24)20-8-12-13(19)9-27-17(12)18(21)22/h5-7,9,14,20H,4,8,10H2,1-3H3,(H,21,22)/t14-/m1/s1. The number of ether oxygens (including phenoxy) is 2. The number of rotatable bonds is 10. The number of hydrogen-bond donors (Lipinski definition) is 2. The smallest absolute Gasteiger partial charge is 0.346 e. The molecule has 0 spiro atoms. The summed E-state index contributed by atoms with van der Waals surface area (Å²) in [6, 6.07) is 4.69. The number of nitrogens with one attached hydrogen (secondary N) is 1. The number of carbonyl (C=O) groups is 1. The summed E-state index contributed by atoms with van der Waals surface area (Å²) < 4.78 is 35.4. The van der Waals surface area contributed by atoms with Crippen LogP contribution in [0.4, 0.5) is 0 Å². The van der Waals surface area contributed by atoms with Gasteiger partial charge < -0.3 is 19.9 Å². The molecule has 1 heterocycles. The number of hydrogen-bond acceptors (Lipinski definition) is 7. The van der Waals surface area contributed by atoms with Gasteiger partial charge in [-0.25, -0.2) is 13.2 Å². The molecule has 2 N–H and O–H groups in total. The molecule has 0 unspecified atom stereocenters. The molecule has 10 heteroatoms. The van der Waals surface area contributed by atoms with Crippen molar-refractivity contribution in [1.29, 1.82) is 0 Å². The molecule has 1 aromatic carbocycles. The van der Waals surface area contributed by atoms with Crippen molar-refractivity contribution in [2.75, 3.05) is 25.7 Å². The molecule has 0 aliphatic rings. The molecule has 28 heavy (non-hydrogen) atoms. The minimum absolute atomic E-state index is 0.144. The van der Waals surface area contributed by atoms with E-state index in [1.165, 1.54) is 7.11 Å². The van der Waals surface area contributed by atoms with Gasteiger partial charge in [-0.15, -0.1) is 11.3 Å². The van der Waals surface area contributed by atoms with E-state index in [4.69, 9.17) is 9.47 Å². The van der Waals surface area contributed by atoms with Gasteiger partial charge in [-0.05, 0) is 40.5 Å². The van der Waals surface area contributed by atoms with Crippen molar-refractivity contribution in [1.82, 2.24) is 5.32 Å². The van der Waals surface area contributed by atoms with Gasteiger partial charge in [0.1, 0.15) is 14.7 Å². The molecule has 0 saturated carbocycles. The quantitative estimate of drug-likeness (QED) is 0.524. The van der Waals surface area contributed by atoms with E-state index in [2.05, 4.69) is 21.2 Å². The van der Waals surface area contributed by atoms with Crippen LogP contribution in [0.15, 0.2) is 28.1 Å². The van der Waals surface area contributed by atoms with E-state index in [0.717, 1.165) is 17.6 Å². The van der Waals surface area contributed by atoms with E-state index in [0.29, 0.717) is 33.7 Å². The largest absolute Gasteiger partial charge is 0.493 e. The third-order valence-corrected chi connectivity index (χ3v) is 6.88. The molecule has 154 valence electrons. The fourth-order valence-corrected chi connectivity index (χ4v) is 5.14.